The summed E-state index contributed by atoms with van der Waals surface area (Å²) in [6.45, 7) is -1.03. The van der Waals surface area contributed by atoms with E-state index < -0.39 is 30.6 Å². The van der Waals surface area contributed by atoms with Crippen molar-refractivity contribution in [3.8, 4) is 6.07 Å². The first kappa shape index (κ1) is 15.6. The van der Waals surface area contributed by atoms with E-state index in [0.29, 0.717) is 0 Å². The molecule has 1 atom stereocenters. The van der Waals surface area contributed by atoms with Crippen LogP contribution < -0.4 is 0 Å². The van der Waals surface area contributed by atoms with Crippen molar-refractivity contribution >= 4 is 0 Å². The van der Waals surface area contributed by atoms with Gasteiger partial charge in [0.05, 0.1) is 12.6 Å². The van der Waals surface area contributed by atoms with E-state index >= 15 is 0 Å². The Kier molecular flexibility index (Phi) is 3.83. The maximum absolute atomic E-state index is 12.6. The Labute approximate surface area is 114 Å². The molecular weight excluding hydrogens is 304 g/mol. The van der Waals surface area contributed by atoms with E-state index in [1.54, 1.807) is 0 Å². The highest BCUT2D eigenvalue weighted by molar-refractivity contribution is 5.03. The van der Waals surface area contributed by atoms with Crippen LogP contribution in [0.25, 0.3) is 0 Å². The molecule has 11 heteroatoms. The van der Waals surface area contributed by atoms with Crippen molar-refractivity contribution in [2.24, 2.45) is 5.92 Å². The van der Waals surface area contributed by atoms with E-state index in [1.165, 1.54) is 4.90 Å². The Morgan fingerprint density at radius 3 is 2.33 bits per heavy atom. The molecule has 1 aliphatic heterocycles. The van der Waals surface area contributed by atoms with E-state index in [2.05, 4.69) is 10.2 Å². The second kappa shape index (κ2) is 5.18. The Balaban J connectivity index is 2.11. The number of alkyl halides is 6. The average Bonchev–Trinajstić information content (AvgIpc) is 2.77. The summed E-state index contributed by atoms with van der Waals surface area (Å²) in [6, 6.07) is 1.15. The summed E-state index contributed by atoms with van der Waals surface area (Å²) < 4.78 is 76.1. The van der Waals surface area contributed by atoms with Gasteiger partial charge in [0.15, 0.2) is 5.92 Å². The number of fused-ring (bicyclic) bond motifs is 1. The van der Waals surface area contributed by atoms with Gasteiger partial charge in [0.2, 0.25) is 5.82 Å². The lowest BCUT2D eigenvalue weighted by molar-refractivity contribution is -0.164. The summed E-state index contributed by atoms with van der Waals surface area (Å²) in [5.74, 6) is -3.41. The zero-order valence-electron chi connectivity index (χ0n) is 10.4. The fourth-order valence-electron chi connectivity index (χ4n) is 2.05. The Bertz CT molecular complexity index is 554. The molecule has 1 unspecified atom stereocenters. The van der Waals surface area contributed by atoms with Crippen LogP contribution in [0.3, 0.4) is 0 Å². The SMILES string of the molecule is N#CC(CN1CCn2c(nnc2C(F)(F)F)C1)C(F)(F)F. The minimum atomic E-state index is -4.67. The topological polar surface area (TPSA) is 57.7 Å². The molecule has 0 bridgehead atoms. The van der Waals surface area contributed by atoms with Crippen LogP contribution in [0.5, 0.6) is 0 Å². The Hall–Kier alpha value is -1.83. The highest BCUT2D eigenvalue weighted by atomic mass is 19.4. The van der Waals surface area contributed by atoms with Crippen molar-refractivity contribution in [3.05, 3.63) is 11.6 Å². The lowest BCUT2D eigenvalue weighted by Crippen LogP contribution is -2.41. The number of hydrogen-bond acceptors (Lipinski definition) is 4. The third kappa shape index (κ3) is 3.26. The molecule has 0 saturated heterocycles. The molecule has 2 rings (SSSR count). The van der Waals surface area contributed by atoms with Crippen LogP contribution in [0.15, 0.2) is 0 Å². The quantitative estimate of drug-likeness (QED) is 0.782. The molecule has 2 heterocycles. The largest absolute Gasteiger partial charge is 0.451 e. The minimum Gasteiger partial charge on any atom is -0.305 e. The van der Waals surface area contributed by atoms with E-state index in [-0.39, 0.29) is 25.5 Å². The van der Waals surface area contributed by atoms with Gasteiger partial charge < -0.3 is 4.57 Å². The van der Waals surface area contributed by atoms with Crippen LogP contribution in [0.4, 0.5) is 26.3 Å². The van der Waals surface area contributed by atoms with Crippen LogP contribution >= 0.6 is 0 Å². The van der Waals surface area contributed by atoms with Crippen molar-refractivity contribution in [3.63, 3.8) is 0 Å². The standard InChI is InChI=1S/C10H9F6N5/c11-9(12,13)6(3-17)4-20-1-2-21-7(5-20)18-19-8(21)10(14,15)16/h6H,1-2,4-5H2. The smallest absolute Gasteiger partial charge is 0.305 e. The second-order valence-electron chi connectivity index (χ2n) is 4.55. The zero-order valence-corrected chi connectivity index (χ0v) is 10.4. The predicted octanol–water partition coefficient (Wildman–Crippen LogP) is 1.81. The third-order valence-corrected chi connectivity index (χ3v) is 3.08. The number of rotatable bonds is 2. The van der Waals surface area contributed by atoms with Gasteiger partial charge in [-0.3, -0.25) is 4.90 Å². The van der Waals surface area contributed by atoms with Gasteiger partial charge in [-0.1, -0.05) is 0 Å². The van der Waals surface area contributed by atoms with Crippen LogP contribution in [0, 0.1) is 17.2 Å². The third-order valence-electron chi connectivity index (χ3n) is 3.08. The summed E-state index contributed by atoms with van der Waals surface area (Å²) >= 11 is 0. The van der Waals surface area contributed by atoms with Gasteiger partial charge >= 0.3 is 12.4 Å². The summed E-state index contributed by atoms with van der Waals surface area (Å²) in [4.78, 5) is 1.24. The first-order valence-corrected chi connectivity index (χ1v) is 5.81. The Morgan fingerprint density at radius 2 is 1.81 bits per heavy atom. The van der Waals surface area contributed by atoms with E-state index in [4.69, 9.17) is 5.26 Å². The molecule has 0 aromatic carbocycles. The molecule has 21 heavy (non-hydrogen) atoms. The van der Waals surface area contributed by atoms with E-state index in [9.17, 15) is 26.3 Å². The Morgan fingerprint density at radius 1 is 1.14 bits per heavy atom. The van der Waals surface area contributed by atoms with Crippen molar-refractivity contribution in [1.82, 2.24) is 19.7 Å². The maximum atomic E-state index is 12.6. The van der Waals surface area contributed by atoms with Crippen LogP contribution in [-0.2, 0) is 19.3 Å². The molecule has 0 saturated carbocycles. The van der Waals surface area contributed by atoms with Gasteiger partial charge in [-0.2, -0.15) is 31.6 Å². The molecule has 0 aliphatic carbocycles. The van der Waals surface area contributed by atoms with Gasteiger partial charge in [0.25, 0.3) is 0 Å². The van der Waals surface area contributed by atoms with Crippen molar-refractivity contribution < 1.29 is 26.3 Å². The minimum absolute atomic E-state index is 0.0393. The number of nitrogens with zero attached hydrogens (tertiary/aromatic N) is 5. The number of halogens is 6. The molecular formula is C10H9F6N5. The van der Waals surface area contributed by atoms with Gasteiger partial charge in [-0.25, -0.2) is 0 Å². The van der Waals surface area contributed by atoms with Crippen LogP contribution in [0.1, 0.15) is 11.6 Å². The fraction of sp³-hybridized carbons (Fsp3) is 0.700. The first-order chi connectivity index (χ1) is 9.63. The van der Waals surface area contributed by atoms with Crippen molar-refractivity contribution in [2.45, 2.75) is 25.4 Å². The van der Waals surface area contributed by atoms with Gasteiger partial charge in [0.1, 0.15) is 5.82 Å². The van der Waals surface area contributed by atoms with Gasteiger partial charge in [0, 0.05) is 19.6 Å². The van der Waals surface area contributed by atoms with Crippen LogP contribution in [-0.4, -0.2) is 38.9 Å². The molecule has 0 radical (unpaired) electrons. The average molecular weight is 313 g/mol. The van der Waals surface area contributed by atoms with E-state index in [0.717, 1.165) is 10.6 Å². The van der Waals surface area contributed by atoms with Gasteiger partial charge in [-0.05, 0) is 0 Å². The summed E-state index contributed by atoms with van der Waals surface area (Å²) in [5.41, 5.74) is 0. The highest BCUT2D eigenvalue weighted by Crippen LogP contribution is 2.31. The van der Waals surface area contributed by atoms with E-state index in [1.807, 2.05) is 0 Å². The predicted molar refractivity (Wildman–Crippen MR) is 55.5 cm³/mol. The molecule has 0 amide bonds. The summed E-state index contributed by atoms with van der Waals surface area (Å²) in [6.07, 6.45) is -9.33. The summed E-state index contributed by atoms with van der Waals surface area (Å²) in [5, 5.41) is 14.9. The molecule has 1 aromatic heterocycles. The highest BCUT2D eigenvalue weighted by Gasteiger charge is 2.43. The molecule has 0 fully saturated rings. The first-order valence-electron chi connectivity index (χ1n) is 5.81. The lowest BCUT2D eigenvalue weighted by atomic mass is 10.1. The molecule has 1 aliphatic rings. The molecule has 0 N–H and O–H groups in total. The second-order valence-corrected chi connectivity index (χ2v) is 4.55. The van der Waals surface area contributed by atoms with Crippen LogP contribution in [0.2, 0.25) is 0 Å². The lowest BCUT2D eigenvalue weighted by Gasteiger charge is -2.29. The van der Waals surface area contributed by atoms with Gasteiger partial charge in [-0.15, -0.1) is 10.2 Å². The zero-order chi connectivity index (χ0) is 15.8. The fourth-order valence-corrected chi connectivity index (χ4v) is 2.05. The molecule has 1 aromatic rings. The number of nitriles is 1. The summed E-state index contributed by atoms with van der Waals surface area (Å²) in [7, 11) is 0. The molecule has 116 valence electrons. The maximum Gasteiger partial charge on any atom is 0.451 e. The number of aromatic nitrogens is 3. The molecule has 5 nitrogen and oxygen atoms in total. The normalized spacial score (nSPS) is 18.1. The monoisotopic (exact) mass is 313 g/mol. The van der Waals surface area contributed by atoms with Crippen molar-refractivity contribution in [1.29, 1.82) is 5.26 Å². The van der Waals surface area contributed by atoms with Crippen molar-refractivity contribution in [2.75, 3.05) is 13.1 Å². The number of hydrogen-bond donors (Lipinski definition) is 0. The molecule has 0 spiro atoms.